The van der Waals surface area contributed by atoms with Crippen molar-refractivity contribution in [2.75, 3.05) is 52.6 Å². The SMILES string of the molecule is Clc1ccc(Cc2nc(/C(=C/N3CCOCC3)c3ccc(Cl)cc3)nc(/C(=C/N3CCOCC3)c3ccc(Cl)cc3)n2)cc1. The van der Waals surface area contributed by atoms with E-state index in [1.807, 2.05) is 72.8 Å². The molecule has 0 atom stereocenters. The maximum absolute atomic E-state index is 6.29. The summed E-state index contributed by atoms with van der Waals surface area (Å²) >= 11 is 18.8. The third-order valence-corrected chi connectivity index (χ3v) is 8.22. The number of rotatable bonds is 8. The van der Waals surface area contributed by atoms with E-state index in [0.29, 0.717) is 65.4 Å². The van der Waals surface area contributed by atoms with Crippen molar-refractivity contribution in [3.05, 3.63) is 134 Å². The molecule has 3 heterocycles. The topological polar surface area (TPSA) is 63.6 Å². The molecule has 0 N–H and O–H groups in total. The van der Waals surface area contributed by atoms with Gasteiger partial charge in [0, 0.05) is 71.2 Å². The van der Waals surface area contributed by atoms with Crippen LogP contribution in [0.15, 0.2) is 85.2 Å². The summed E-state index contributed by atoms with van der Waals surface area (Å²) in [5.74, 6) is 1.81. The van der Waals surface area contributed by atoms with Gasteiger partial charge < -0.3 is 19.3 Å². The highest BCUT2D eigenvalue weighted by Gasteiger charge is 2.20. The van der Waals surface area contributed by atoms with E-state index >= 15 is 0 Å². The molecular weight excluding hydrogens is 617 g/mol. The largest absolute Gasteiger partial charge is 0.378 e. The molecule has 0 amide bonds. The van der Waals surface area contributed by atoms with E-state index in [-0.39, 0.29) is 0 Å². The van der Waals surface area contributed by atoms with Crippen molar-refractivity contribution in [2.24, 2.45) is 0 Å². The molecule has 7 nitrogen and oxygen atoms in total. The highest BCUT2D eigenvalue weighted by atomic mass is 35.5. The van der Waals surface area contributed by atoms with E-state index in [2.05, 4.69) is 22.2 Å². The predicted octanol–water partition coefficient (Wildman–Crippen LogP) is 6.87. The highest BCUT2D eigenvalue weighted by Crippen LogP contribution is 2.28. The van der Waals surface area contributed by atoms with Gasteiger partial charge in [-0.1, -0.05) is 71.2 Å². The van der Waals surface area contributed by atoms with E-state index in [0.717, 1.165) is 54.0 Å². The first-order valence-electron chi connectivity index (χ1n) is 14.6. The van der Waals surface area contributed by atoms with Crippen LogP contribution in [0.1, 0.15) is 34.2 Å². The first-order valence-corrected chi connectivity index (χ1v) is 15.7. The fourth-order valence-electron chi connectivity index (χ4n) is 5.08. The van der Waals surface area contributed by atoms with Gasteiger partial charge in [-0.3, -0.25) is 0 Å². The van der Waals surface area contributed by atoms with Gasteiger partial charge in [0.25, 0.3) is 0 Å². The average Bonchev–Trinajstić information content (AvgIpc) is 3.05. The van der Waals surface area contributed by atoms with Gasteiger partial charge >= 0.3 is 0 Å². The third kappa shape index (κ3) is 7.97. The normalized spacial score (nSPS) is 16.3. The van der Waals surface area contributed by atoms with Crippen LogP contribution in [0.25, 0.3) is 11.1 Å². The summed E-state index contributed by atoms with van der Waals surface area (Å²) < 4.78 is 11.2. The number of hydrogen-bond acceptors (Lipinski definition) is 7. The quantitative estimate of drug-likeness (QED) is 0.207. The Balaban J connectivity index is 1.52. The van der Waals surface area contributed by atoms with Crippen molar-refractivity contribution >= 4 is 45.9 Å². The number of benzene rings is 3. The molecule has 4 aromatic rings. The summed E-state index contributed by atoms with van der Waals surface area (Å²) in [5, 5.41) is 2.01. The summed E-state index contributed by atoms with van der Waals surface area (Å²) in [6.45, 7) is 5.77. The molecule has 0 spiro atoms. The molecule has 10 heteroatoms. The van der Waals surface area contributed by atoms with Crippen molar-refractivity contribution in [1.29, 1.82) is 0 Å². The molecule has 2 saturated heterocycles. The Hall–Kier alpha value is -3.46. The molecule has 0 radical (unpaired) electrons. The van der Waals surface area contributed by atoms with Crippen LogP contribution in [-0.2, 0) is 15.9 Å². The minimum atomic E-state index is 0.511. The molecule has 6 rings (SSSR count). The first kappa shape index (κ1) is 30.6. The summed E-state index contributed by atoms with van der Waals surface area (Å²) in [4.78, 5) is 19.8. The number of ether oxygens (including phenoxy) is 2. The van der Waals surface area contributed by atoms with Gasteiger partial charge in [0.2, 0.25) is 0 Å². The monoisotopic (exact) mass is 647 g/mol. The molecule has 0 unspecified atom stereocenters. The Bertz CT molecular complexity index is 1520. The number of hydrogen-bond donors (Lipinski definition) is 0. The van der Waals surface area contributed by atoms with Crippen LogP contribution in [0, 0.1) is 0 Å². The highest BCUT2D eigenvalue weighted by molar-refractivity contribution is 6.31. The maximum atomic E-state index is 6.29. The molecule has 226 valence electrons. The minimum Gasteiger partial charge on any atom is -0.378 e. The van der Waals surface area contributed by atoms with Gasteiger partial charge in [-0.15, -0.1) is 0 Å². The lowest BCUT2D eigenvalue weighted by Gasteiger charge is -2.27. The van der Waals surface area contributed by atoms with Crippen molar-refractivity contribution in [3.63, 3.8) is 0 Å². The van der Waals surface area contributed by atoms with Crippen LogP contribution in [0.2, 0.25) is 15.1 Å². The average molecular weight is 649 g/mol. The van der Waals surface area contributed by atoms with Crippen LogP contribution < -0.4 is 0 Å². The third-order valence-electron chi connectivity index (χ3n) is 7.46. The van der Waals surface area contributed by atoms with Gasteiger partial charge in [-0.25, -0.2) is 15.0 Å². The van der Waals surface area contributed by atoms with Crippen molar-refractivity contribution < 1.29 is 9.47 Å². The lowest BCUT2D eigenvalue weighted by atomic mass is 10.0. The standard InChI is InChI=1S/C34H32Cl3N5O2/c35-27-7-1-24(2-8-27)21-32-38-33(30(22-41-13-17-43-18-14-41)25-3-9-28(36)10-4-25)40-34(39-32)31(23-42-15-19-44-20-16-42)26-5-11-29(37)12-6-26/h1-12,22-23H,13-21H2/b30-22+,31-23+. The van der Waals surface area contributed by atoms with E-state index in [1.165, 1.54) is 0 Å². The van der Waals surface area contributed by atoms with Crippen LogP contribution in [-0.4, -0.2) is 77.4 Å². The molecule has 2 fully saturated rings. The van der Waals surface area contributed by atoms with E-state index < -0.39 is 0 Å². The number of halogens is 3. The van der Waals surface area contributed by atoms with Crippen LogP contribution in [0.4, 0.5) is 0 Å². The van der Waals surface area contributed by atoms with E-state index in [1.54, 1.807) is 0 Å². The Labute approximate surface area is 272 Å². The van der Waals surface area contributed by atoms with Crippen molar-refractivity contribution in [2.45, 2.75) is 6.42 Å². The van der Waals surface area contributed by atoms with Crippen molar-refractivity contribution in [1.82, 2.24) is 24.8 Å². The summed E-state index contributed by atoms with van der Waals surface area (Å²) in [7, 11) is 0. The second-order valence-electron chi connectivity index (χ2n) is 10.6. The summed E-state index contributed by atoms with van der Waals surface area (Å²) in [6.07, 6.45) is 4.77. The Morgan fingerprint density at radius 1 is 0.568 bits per heavy atom. The number of nitrogens with zero attached hydrogens (tertiary/aromatic N) is 5. The summed E-state index contributed by atoms with van der Waals surface area (Å²) in [6, 6.07) is 23.3. The van der Waals surface area contributed by atoms with Gasteiger partial charge in [-0.05, 0) is 53.1 Å². The molecule has 0 bridgehead atoms. The molecule has 0 aliphatic carbocycles. The van der Waals surface area contributed by atoms with E-state index in [4.69, 9.17) is 59.2 Å². The lowest BCUT2D eigenvalue weighted by molar-refractivity contribution is 0.0596. The van der Waals surface area contributed by atoms with Crippen LogP contribution >= 0.6 is 34.8 Å². The fraction of sp³-hybridized carbons (Fsp3) is 0.265. The number of morpholine rings is 2. The smallest absolute Gasteiger partial charge is 0.165 e. The zero-order valence-corrected chi connectivity index (χ0v) is 26.4. The van der Waals surface area contributed by atoms with Crippen LogP contribution in [0.5, 0.6) is 0 Å². The molecule has 2 aliphatic heterocycles. The van der Waals surface area contributed by atoms with Gasteiger partial charge in [-0.2, -0.15) is 0 Å². The second-order valence-corrected chi connectivity index (χ2v) is 11.9. The van der Waals surface area contributed by atoms with Crippen LogP contribution in [0.3, 0.4) is 0 Å². The zero-order chi connectivity index (χ0) is 30.3. The summed E-state index contributed by atoms with van der Waals surface area (Å²) in [5.41, 5.74) is 4.73. The maximum Gasteiger partial charge on any atom is 0.165 e. The Kier molecular flexibility index (Phi) is 10.1. The Morgan fingerprint density at radius 3 is 1.36 bits per heavy atom. The minimum absolute atomic E-state index is 0.511. The second kappa shape index (κ2) is 14.5. The molecule has 2 aliphatic rings. The fourth-order valence-corrected chi connectivity index (χ4v) is 5.46. The molecule has 44 heavy (non-hydrogen) atoms. The zero-order valence-electron chi connectivity index (χ0n) is 24.1. The predicted molar refractivity (Wildman–Crippen MR) is 176 cm³/mol. The first-order chi connectivity index (χ1) is 21.5. The van der Waals surface area contributed by atoms with Gasteiger partial charge in [0.15, 0.2) is 11.6 Å². The molecule has 3 aromatic carbocycles. The molecule has 0 saturated carbocycles. The lowest BCUT2D eigenvalue weighted by Crippen LogP contribution is -2.32. The van der Waals surface area contributed by atoms with Crippen molar-refractivity contribution in [3.8, 4) is 0 Å². The number of aromatic nitrogens is 3. The van der Waals surface area contributed by atoms with E-state index in [9.17, 15) is 0 Å². The molecular formula is C34H32Cl3N5O2. The van der Waals surface area contributed by atoms with Gasteiger partial charge in [0.1, 0.15) is 5.82 Å². The molecule has 1 aromatic heterocycles. The van der Waals surface area contributed by atoms with Gasteiger partial charge in [0.05, 0.1) is 26.4 Å². The Morgan fingerprint density at radius 2 is 0.955 bits per heavy atom.